The number of carbonyl (C=O) groups excluding carboxylic acids is 2. The second-order valence-corrected chi connectivity index (χ2v) is 4.15. The fraction of sp³-hybridized carbons (Fsp3) is 0.0714. The van der Waals surface area contributed by atoms with Gasteiger partial charge in [-0.05, 0) is 36.4 Å². The zero-order chi connectivity index (χ0) is 15.2. The monoisotopic (exact) mass is 286 g/mol. The molecule has 0 radical (unpaired) electrons. The molecule has 0 aliphatic heterocycles. The lowest BCUT2D eigenvalue weighted by molar-refractivity contribution is 0.102. The van der Waals surface area contributed by atoms with Crippen molar-refractivity contribution >= 4 is 23.3 Å². The number of rotatable bonds is 3. The van der Waals surface area contributed by atoms with E-state index in [9.17, 15) is 14.4 Å². The number of nitrogens with one attached hydrogen (secondary N) is 4. The van der Waals surface area contributed by atoms with E-state index in [0.717, 1.165) is 0 Å². The summed E-state index contributed by atoms with van der Waals surface area (Å²) < 4.78 is 0. The van der Waals surface area contributed by atoms with E-state index >= 15 is 0 Å². The summed E-state index contributed by atoms with van der Waals surface area (Å²) in [6.07, 6.45) is 1.46. The van der Waals surface area contributed by atoms with Crippen LogP contribution in [0.25, 0.3) is 0 Å². The summed E-state index contributed by atoms with van der Waals surface area (Å²) in [6.45, 7) is 0. The second kappa shape index (κ2) is 6.38. The Morgan fingerprint density at radius 1 is 1.00 bits per heavy atom. The standard InChI is InChI=1S/C14H14N4O3/c1-15-14(21)18-10-6-4-9(5-7-10)17-13(20)11-3-2-8-16-12(11)19/h2-8H,1H3,(H,16,19)(H,17,20)(H2,15,18,21). The molecule has 0 unspecified atom stereocenters. The number of aromatic nitrogens is 1. The zero-order valence-electron chi connectivity index (χ0n) is 11.3. The van der Waals surface area contributed by atoms with Gasteiger partial charge in [-0.25, -0.2) is 4.79 Å². The molecule has 4 N–H and O–H groups in total. The third kappa shape index (κ3) is 3.69. The third-order valence-corrected chi connectivity index (χ3v) is 2.69. The van der Waals surface area contributed by atoms with Gasteiger partial charge in [0.25, 0.3) is 11.5 Å². The lowest BCUT2D eigenvalue weighted by atomic mass is 10.2. The van der Waals surface area contributed by atoms with Crippen molar-refractivity contribution in [3.63, 3.8) is 0 Å². The molecule has 0 fully saturated rings. The highest BCUT2D eigenvalue weighted by molar-refractivity contribution is 6.04. The summed E-state index contributed by atoms with van der Waals surface area (Å²) in [6, 6.07) is 9.21. The van der Waals surface area contributed by atoms with Crippen molar-refractivity contribution in [2.75, 3.05) is 17.7 Å². The predicted octanol–water partition coefficient (Wildman–Crippen LogP) is 1.38. The van der Waals surface area contributed by atoms with Crippen LogP contribution in [0.5, 0.6) is 0 Å². The number of aromatic amines is 1. The lowest BCUT2D eigenvalue weighted by Crippen LogP contribution is -2.24. The summed E-state index contributed by atoms with van der Waals surface area (Å²) in [5.74, 6) is -0.496. The van der Waals surface area contributed by atoms with E-state index in [1.807, 2.05) is 0 Å². The topological polar surface area (TPSA) is 103 Å². The molecule has 1 aromatic heterocycles. The minimum absolute atomic E-state index is 0.0325. The number of hydrogen-bond acceptors (Lipinski definition) is 3. The Bertz CT molecular complexity index is 707. The first-order chi connectivity index (χ1) is 10.1. The van der Waals surface area contributed by atoms with Gasteiger partial charge in [0.2, 0.25) is 0 Å². The number of hydrogen-bond donors (Lipinski definition) is 4. The number of urea groups is 1. The number of carbonyl (C=O) groups is 2. The molecule has 0 bridgehead atoms. The van der Waals surface area contributed by atoms with Gasteiger partial charge in [-0.2, -0.15) is 0 Å². The van der Waals surface area contributed by atoms with E-state index in [1.54, 1.807) is 30.3 Å². The van der Waals surface area contributed by atoms with Gasteiger partial charge in [0.1, 0.15) is 5.56 Å². The summed E-state index contributed by atoms with van der Waals surface area (Å²) in [7, 11) is 1.52. The molecule has 21 heavy (non-hydrogen) atoms. The molecule has 7 nitrogen and oxygen atoms in total. The summed E-state index contributed by atoms with van der Waals surface area (Å²) in [4.78, 5) is 37.0. The van der Waals surface area contributed by atoms with Crippen molar-refractivity contribution in [2.24, 2.45) is 0 Å². The van der Waals surface area contributed by atoms with Crippen molar-refractivity contribution in [1.82, 2.24) is 10.3 Å². The third-order valence-electron chi connectivity index (χ3n) is 2.69. The highest BCUT2D eigenvalue weighted by Gasteiger charge is 2.09. The van der Waals surface area contributed by atoms with Crippen molar-refractivity contribution < 1.29 is 9.59 Å². The smallest absolute Gasteiger partial charge is 0.318 e. The molecule has 0 saturated heterocycles. The van der Waals surface area contributed by atoms with Crippen molar-refractivity contribution in [3.05, 3.63) is 58.5 Å². The summed E-state index contributed by atoms with van der Waals surface area (Å²) in [5.41, 5.74) is 0.689. The Balaban J connectivity index is 2.07. The van der Waals surface area contributed by atoms with Crippen molar-refractivity contribution in [2.45, 2.75) is 0 Å². The highest BCUT2D eigenvalue weighted by Crippen LogP contribution is 2.14. The summed E-state index contributed by atoms with van der Waals surface area (Å²) in [5, 5.41) is 7.63. The minimum Gasteiger partial charge on any atom is -0.341 e. The number of anilines is 2. The molecule has 0 aliphatic rings. The fourth-order valence-corrected chi connectivity index (χ4v) is 1.63. The second-order valence-electron chi connectivity index (χ2n) is 4.15. The Morgan fingerprint density at radius 2 is 1.62 bits per heavy atom. The van der Waals surface area contributed by atoms with Crippen molar-refractivity contribution in [3.8, 4) is 0 Å². The summed E-state index contributed by atoms with van der Waals surface area (Å²) >= 11 is 0. The molecule has 0 spiro atoms. The first-order valence-corrected chi connectivity index (χ1v) is 6.18. The molecule has 1 heterocycles. The average molecular weight is 286 g/mol. The van der Waals surface area contributed by atoms with Gasteiger partial charge in [0.05, 0.1) is 0 Å². The minimum atomic E-state index is -0.496. The largest absolute Gasteiger partial charge is 0.341 e. The van der Waals surface area contributed by atoms with Crippen LogP contribution in [0.15, 0.2) is 47.4 Å². The van der Waals surface area contributed by atoms with Crippen molar-refractivity contribution in [1.29, 1.82) is 0 Å². The predicted molar refractivity (Wildman–Crippen MR) is 79.5 cm³/mol. The first-order valence-electron chi connectivity index (χ1n) is 6.18. The van der Waals surface area contributed by atoms with Crippen LogP contribution in [0.3, 0.4) is 0 Å². The van der Waals surface area contributed by atoms with Gasteiger partial charge < -0.3 is 20.9 Å². The van der Waals surface area contributed by atoms with Gasteiger partial charge in [0, 0.05) is 24.6 Å². The van der Waals surface area contributed by atoms with E-state index in [0.29, 0.717) is 11.4 Å². The maximum absolute atomic E-state index is 11.9. The molecule has 0 aliphatic carbocycles. The molecular formula is C14H14N4O3. The molecule has 2 rings (SSSR count). The van der Waals surface area contributed by atoms with Gasteiger partial charge >= 0.3 is 6.03 Å². The normalized spacial score (nSPS) is 9.76. The Kier molecular flexibility index (Phi) is 4.35. The van der Waals surface area contributed by atoms with Crippen LogP contribution in [0, 0.1) is 0 Å². The Morgan fingerprint density at radius 3 is 2.19 bits per heavy atom. The van der Waals surface area contributed by atoms with E-state index < -0.39 is 11.5 Å². The van der Waals surface area contributed by atoms with Gasteiger partial charge in [-0.15, -0.1) is 0 Å². The van der Waals surface area contributed by atoms with E-state index in [1.165, 1.54) is 19.3 Å². The molecule has 0 saturated carbocycles. The van der Waals surface area contributed by atoms with E-state index in [2.05, 4.69) is 20.9 Å². The van der Waals surface area contributed by atoms with E-state index in [4.69, 9.17) is 0 Å². The lowest BCUT2D eigenvalue weighted by Gasteiger charge is -2.07. The van der Waals surface area contributed by atoms with Crippen LogP contribution >= 0.6 is 0 Å². The number of pyridine rings is 1. The van der Waals surface area contributed by atoms with Crippen LogP contribution in [0.2, 0.25) is 0 Å². The van der Waals surface area contributed by atoms with Crippen LogP contribution in [-0.4, -0.2) is 24.0 Å². The van der Waals surface area contributed by atoms with Crippen LogP contribution < -0.4 is 21.5 Å². The van der Waals surface area contributed by atoms with Gasteiger partial charge in [-0.1, -0.05) is 0 Å². The Labute approximate surface area is 120 Å². The highest BCUT2D eigenvalue weighted by atomic mass is 16.2. The number of benzene rings is 1. The van der Waals surface area contributed by atoms with Crippen LogP contribution in [0.4, 0.5) is 16.2 Å². The quantitative estimate of drug-likeness (QED) is 0.685. The number of amides is 3. The fourth-order valence-electron chi connectivity index (χ4n) is 1.63. The molecule has 7 heteroatoms. The van der Waals surface area contributed by atoms with Gasteiger partial charge in [-0.3, -0.25) is 9.59 Å². The van der Waals surface area contributed by atoms with E-state index in [-0.39, 0.29) is 11.6 Å². The van der Waals surface area contributed by atoms with Gasteiger partial charge in [0.15, 0.2) is 0 Å². The molecular weight excluding hydrogens is 272 g/mol. The maximum Gasteiger partial charge on any atom is 0.318 e. The first kappa shape index (κ1) is 14.3. The Hall–Kier alpha value is -3.09. The molecule has 108 valence electrons. The molecule has 1 aromatic carbocycles. The number of H-pyrrole nitrogens is 1. The average Bonchev–Trinajstić information content (AvgIpc) is 2.49. The molecule has 2 aromatic rings. The SMILES string of the molecule is CNC(=O)Nc1ccc(NC(=O)c2ccc[nH]c2=O)cc1. The maximum atomic E-state index is 11.9. The van der Waals surface area contributed by atoms with Crippen LogP contribution in [0.1, 0.15) is 10.4 Å². The molecule has 3 amide bonds. The molecule has 0 atom stereocenters. The van der Waals surface area contributed by atoms with Crippen LogP contribution in [-0.2, 0) is 0 Å². The zero-order valence-corrected chi connectivity index (χ0v) is 11.3.